The lowest BCUT2D eigenvalue weighted by molar-refractivity contribution is -0.577. The SMILES string of the molecule is Cc1cc[n+](C2=C(c3c(C)[nH]n(-c4ccc(Cl)cc4)c3=O)C(=O)N(CC(C)C)C2=O)cc1C. The Hall–Kier alpha value is -3.45. The zero-order valence-electron chi connectivity index (χ0n) is 19.3. The first-order valence-electron chi connectivity index (χ1n) is 10.8. The molecule has 4 rings (SSSR count). The molecule has 0 bridgehead atoms. The van der Waals surface area contributed by atoms with E-state index >= 15 is 0 Å². The number of carbonyl (C=O) groups is 2. The number of aromatic amines is 1. The highest BCUT2D eigenvalue weighted by atomic mass is 35.5. The third-order valence-electron chi connectivity index (χ3n) is 5.80. The molecular formula is C25H26ClN4O3+. The maximum absolute atomic E-state index is 13.5. The summed E-state index contributed by atoms with van der Waals surface area (Å²) in [5, 5.41) is 3.59. The maximum Gasteiger partial charge on any atom is 0.326 e. The van der Waals surface area contributed by atoms with Crippen molar-refractivity contribution in [2.45, 2.75) is 34.6 Å². The molecule has 0 radical (unpaired) electrons. The van der Waals surface area contributed by atoms with Gasteiger partial charge in [0.25, 0.3) is 17.2 Å². The number of benzene rings is 1. The molecule has 0 aliphatic carbocycles. The second kappa shape index (κ2) is 8.48. The van der Waals surface area contributed by atoms with Gasteiger partial charge in [-0.3, -0.25) is 24.4 Å². The molecule has 7 nitrogen and oxygen atoms in total. The summed E-state index contributed by atoms with van der Waals surface area (Å²) in [6.45, 7) is 9.79. The van der Waals surface area contributed by atoms with E-state index in [9.17, 15) is 14.4 Å². The number of hydrogen-bond acceptors (Lipinski definition) is 3. The average Bonchev–Trinajstić information content (AvgIpc) is 3.17. The molecule has 3 aromatic rings. The zero-order valence-corrected chi connectivity index (χ0v) is 20.0. The van der Waals surface area contributed by atoms with Gasteiger partial charge in [-0.05, 0) is 56.5 Å². The van der Waals surface area contributed by atoms with Gasteiger partial charge in [-0.1, -0.05) is 25.4 Å². The third-order valence-corrected chi connectivity index (χ3v) is 6.05. The van der Waals surface area contributed by atoms with Crippen LogP contribution in [0.1, 0.15) is 36.2 Å². The van der Waals surface area contributed by atoms with Crippen molar-refractivity contribution in [3.05, 3.63) is 80.5 Å². The molecule has 0 saturated heterocycles. The summed E-state index contributed by atoms with van der Waals surface area (Å²) in [4.78, 5) is 41.7. The molecule has 33 heavy (non-hydrogen) atoms. The number of nitrogens with zero attached hydrogens (tertiary/aromatic N) is 3. The number of aryl methyl sites for hydroxylation is 3. The number of nitrogens with one attached hydrogen (secondary N) is 1. The highest BCUT2D eigenvalue weighted by Crippen LogP contribution is 2.30. The Morgan fingerprint density at radius 1 is 0.970 bits per heavy atom. The van der Waals surface area contributed by atoms with Crippen LogP contribution in [-0.4, -0.2) is 33.0 Å². The summed E-state index contributed by atoms with van der Waals surface area (Å²) < 4.78 is 3.01. The Morgan fingerprint density at radius 2 is 1.64 bits per heavy atom. The van der Waals surface area contributed by atoms with Gasteiger partial charge < -0.3 is 0 Å². The molecule has 1 aliphatic rings. The molecular weight excluding hydrogens is 440 g/mol. The molecule has 1 aliphatic heterocycles. The second-order valence-corrected chi connectivity index (χ2v) is 9.22. The maximum atomic E-state index is 13.5. The van der Waals surface area contributed by atoms with E-state index in [0.717, 1.165) is 11.1 Å². The zero-order chi connectivity index (χ0) is 24.0. The number of carbonyl (C=O) groups excluding carboxylic acids is 2. The summed E-state index contributed by atoms with van der Waals surface area (Å²) in [6.07, 6.45) is 3.57. The van der Waals surface area contributed by atoms with Crippen molar-refractivity contribution in [2.24, 2.45) is 5.92 Å². The van der Waals surface area contributed by atoms with Crippen molar-refractivity contribution < 1.29 is 14.2 Å². The van der Waals surface area contributed by atoms with E-state index in [4.69, 9.17) is 11.6 Å². The summed E-state index contributed by atoms with van der Waals surface area (Å²) in [7, 11) is 0. The summed E-state index contributed by atoms with van der Waals surface area (Å²) in [5.74, 6) is -0.784. The second-order valence-electron chi connectivity index (χ2n) is 8.79. The summed E-state index contributed by atoms with van der Waals surface area (Å²) in [6, 6.07) is 8.68. The minimum Gasteiger partial charge on any atom is -0.295 e. The highest BCUT2D eigenvalue weighted by molar-refractivity contribution is 6.44. The fraction of sp³-hybridized carbons (Fsp3) is 0.280. The Morgan fingerprint density at radius 3 is 2.24 bits per heavy atom. The first-order chi connectivity index (χ1) is 15.6. The fourth-order valence-electron chi connectivity index (χ4n) is 3.99. The normalized spacial score (nSPS) is 14.2. The summed E-state index contributed by atoms with van der Waals surface area (Å²) >= 11 is 5.99. The number of imide groups is 1. The molecule has 0 spiro atoms. The van der Waals surface area contributed by atoms with Crippen LogP contribution in [0.4, 0.5) is 0 Å². The van der Waals surface area contributed by atoms with Gasteiger partial charge in [0, 0.05) is 28.9 Å². The average molecular weight is 466 g/mol. The fourth-order valence-corrected chi connectivity index (χ4v) is 4.11. The lowest BCUT2D eigenvalue weighted by atomic mass is 10.0. The van der Waals surface area contributed by atoms with E-state index in [1.54, 1.807) is 42.0 Å². The number of H-pyrrole nitrogens is 1. The van der Waals surface area contributed by atoms with Crippen LogP contribution in [0, 0.1) is 26.7 Å². The molecule has 8 heteroatoms. The first-order valence-corrected chi connectivity index (χ1v) is 11.1. The molecule has 0 saturated carbocycles. The van der Waals surface area contributed by atoms with Crippen LogP contribution in [0.5, 0.6) is 0 Å². The third kappa shape index (κ3) is 3.93. The van der Waals surface area contributed by atoms with Gasteiger partial charge in [-0.25, -0.2) is 4.68 Å². The van der Waals surface area contributed by atoms with Crippen LogP contribution in [0.25, 0.3) is 17.0 Å². The minimum absolute atomic E-state index is 0.0845. The van der Waals surface area contributed by atoms with E-state index in [2.05, 4.69) is 5.10 Å². The van der Waals surface area contributed by atoms with Crippen LogP contribution in [0.2, 0.25) is 5.02 Å². The predicted molar refractivity (Wildman–Crippen MR) is 127 cm³/mol. The van der Waals surface area contributed by atoms with Crippen molar-refractivity contribution in [1.82, 2.24) is 14.7 Å². The van der Waals surface area contributed by atoms with Gasteiger partial charge in [0.1, 0.15) is 5.57 Å². The van der Waals surface area contributed by atoms with Gasteiger partial charge in [0.2, 0.25) is 0 Å². The minimum atomic E-state index is -0.461. The van der Waals surface area contributed by atoms with Crippen molar-refractivity contribution >= 4 is 34.7 Å². The van der Waals surface area contributed by atoms with Crippen molar-refractivity contribution in [3.63, 3.8) is 0 Å². The molecule has 2 aromatic heterocycles. The summed E-state index contributed by atoms with van der Waals surface area (Å²) in [5.41, 5.74) is 3.19. The largest absolute Gasteiger partial charge is 0.326 e. The number of hydrogen-bond donors (Lipinski definition) is 1. The van der Waals surface area contributed by atoms with E-state index in [1.165, 1.54) is 9.58 Å². The van der Waals surface area contributed by atoms with Crippen LogP contribution in [-0.2, 0) is 9.59 Å². The molecule has 3 heterocycles. The number of aromatic nitrogens is 3. The monoisotopic (exact) mass is 465 g/mol. The van der Waals surface area contributed by atoms with Crippen molar-refractivity contribution in [3.8, 4) is 5.69 Å². The standard InChI is InChI=1S/C25H25ClN4O3/c1-14(2)12-29-23(31)21(22(25(29)33)28-11-10-15(3)16(4)13-28)20-17(5)27-30(24(20)32)19-8-6-18(26)7-9-19/h6-11,13-14H,12H2,1-5H3/p+1. The molecule has 0 fully saturated rings. The highest BCUT2D eigenvalue weighted by Gasteiger charge is 2.47. The lowest BCUT2D eigenvalue weighted by Crippen LogP contribution is -2.41. The Labute approximate surface area is 196 Å². The predicted octanol–water partition coefficient (Wildman–Crippen LogP) is 3.42. The first kappa shape index (κ1) is 22.7. The Bertz CT molecular complexity index is 1360. The van der Waals surface area contributed by atoms with Gasteiger partial charge in [-0.15, -0.1) is 0 Å². The molecule has 1 N–H and O–H groups in total. The van der Waals surface area contributed by atoms with Gasteiger partial charge >= 0.3 is 5.91 Å². The topological polar surface area (TPSA) is 79.1 Å². The van der Waals surface area contributed by atoms with Gasteiger partial charge in [0.15, 0.2) is 12.4 Å². The van der Waals surface area contributed by atoms with E-state index in [0.29, 0.717) is 16.4 Å². The number of halogens is 1. The lowest BCUT2D eigenvalue weighted by Gasteiger charge is -2.16. The smallest absolute Gasteiger partial charge is 0.295 e. The molecule has 0 atom stereocenters. The molecule has 0 unspecified atom stereocenters. The molecule has 1 aromatic carbocycles. The van der Waals surface area contributed by atoms with Crippen LogP contribution in [0.3, 0.4) is 0 Å². The van der Waals surface area contributed by atoms with Crippen LogP contribution in [0.15, 0.2) is 47.5 Å². The van der Waals surface area contributed by atoms with E-state index in [1.807, 2.05) is 40.0 Å². The van der Waals surface area contributed by atoms with Crippen molar-refractivity contribution in [2.75, 3.05) is 6.54 Å². The number of rotatable bonds is 5. The number of amides is 2. The molecule has 2 amide bonds. The van der Waals surface area contributed by atoms with Crippen LogP contribution >= 0.6 is 11.6 Å². The van der Waals surface area contributed by atoms with Crippen molar-refractivity contribution in [1.29, 1.82) is 0 Å². The number of pyridine rings is 1. The van der Waals surface area contributed by atoms with Gasteiger partial charge in [-0.2, -0.15) is 4.57 Å². The Balaban J connectivity index is 1.97. The molecule has 170 valence electrons. The van der Waals surface area contributed by atoms with E-state index in [-0.39, 0.29) is 29.3 Å². The van der Waals surface area contributed by atoms with Gasteiger partial charge in [0.05, 0.1) is 11.3 Å². The van der Waals surface area contributed by atoms with E-state index < -0.39 is 17.4 Å². The Kier molecular flexibility index (Phi) is 5.84. The quantitative estimate of drug-likeness (QED) is 0.463. The van der Waals surface area contributed by atoms with Crippen LogP contribution < -0.4 is 10.1 Å².